The summed E-state index contributed by atoms with van der Waals surface area (Å²) < 4.78 is 0. The number of piperidine rings is 1. The first-order valence-corrected chi connectivity index (χ1v) is 21.8. The van der Waals surface area contributed by atoms with Crippen molar-refractivity contribution in [1.82, 2.24) is 40.0 Å². The van der Waals surface area contributed by atoms with E-state index in [-0.39, 0.29) is 29.9 Å². The van der Waals surface area contributed by atoms with E-state index in [1.165, 1.54) is 0 Å². The van der Waals surface area contributed by atoms with E-state index in [1.807, 2.05) is 125 Å². The average molecular weight is 842 g/mol. The molecule has 6 N–H and O–H groups in total. The van der Waals surface area contributed by atoms with E-state index in [2.05, 4.69) is 32.1 Å². The van der Waals surface area contributed by atoms with Crippen molar-refractivity contribution in [2.45, 2.75) is 68.8 Å². The standard InChI is InChI=1S/C50H51N9O4/c51-44(37-9-3-1-4-10-37)48(61)58-27-7-13-42(58)46-52-31-40(54-46)35-21-17-33(18-22-35)15-16-34-19-23-36(24-20-34)41-32-53-47(55-41)43-14-8-28-59(43)49(62)45(38-11-5-2-6-12-38)56-50(63)57-29-25-39(60)26-30-57/h1-6,9-12,17-24,31-32,39,42-45,60H,7-8,13-14,25-30,51H2,(H,52,54)(H,53,55)(H,56,63)/t42-,43-,44+,45+/m0/s1. The summed E-state index contributed by atoms with van der Waals surface area (Å²) >= 11 is 0. The van der Waals surface area contributed by atoms with Gasteiger partial charge in [-0.05, 0) is 85.0 Å². The number of nitrogens with zero attached hydrogens (tertiary/aromatic N) is 5. The maximum atomic E-state index is 14.3. The molecule has 320 valence electrons. The molecule has 0 radical (unpaired) electrons. The molecule has 0 bridgehead atoms. The van der Waals surface area contributed by atoms with Crippen molar-refractivity contribution in [3.05, 3.63) is 155 Å². The van der Waals surface area contributed by atoms with E-state index in [0.717, 1.165) is 76.3 Å². The van der Waals surface area contributed by atoms with Crippen LogP contribution < -0.4 is 11.1 Å². The molecule has 13 nitrogen and oxygen atoms in total. The van der Waals surface area contributed by atoms with E-state index in [0.29, 0.717) is 44.8 Å². The summed E-state index contributed by atoms with van der Waals surface area (Å²) in [6.07, 6.45) is 7.54. The molecule has 4 amide bonds. The van der Waals surface area contributed by atoms with Crippen LogP contribution in [0.2, 0.25) is 0 Å². The summed E-state index contributed by atoms with van der Waals surface area (Å²) in [6.45, 7) is 2.10. The Hall–Kier alpha value is -7.01. The van der Waals surface area contributed by atoms with E-state index in [1.54, 1.807) is 11.1 Å². The molecule has 0 spiro atoms. The van der Waals surface area contributed by atoms with Crippen molar-refractivity contribution in [1.29, 1.82) is 0 Å². The molecule has 3 fully saturated rings. The van der Waals surface area contributed by atoms with Crippen molar-refractivity contribution >= 4 is 17.8 Å². The van der Waals surface area contributed by atoms with Gasteiger partial charge < -0.3 is 40.8 Å². The molecule has 2 aromatic heterocycles. The van der Waals surface area contributed by atoms with Crippen molar-refractivity contribution in [2.24, 2.45) is 5.73 Å². The lowest BCUT2D eigenvalue weighted by Crippen LogP contribution is -2.50. The molecule has 6 aromatic rings. The number of nitrogens with one attached hydrogen (secondary N) is 3. The van der Waals surface area contributed by atoms with Crippen molar-refractivity contribution in [2.75, 3.05) is 26.2 Å². The summed E-state index contributed by atoms with van der Waals surface area (Å²) in [5, 5.41) is 12.9. The van der Waals surface area contributed by atoms with Gasteiger partial charge in [-0.15, -0.1) is 0 Å². The fourth-order valence-electron chi connectivity index (χ4n) is 8.91. The summed E-state index contributed by atoms with van der Waals surface area (Å²) in [6, 6.07) is 32.5. The van der Waals surface area contributed by atoms with Crippen LogP contribution in [0.1, 0.15) is 96.6 Å². The molecule has 9 rings (SSSR count). The predicted octanol–water partition coefficient (Wildman–Crippen LogP) is 6.80. The zero-order valence-corrected chi connectivity index (χ0v) is 35.0. The highest BCUT2D eigenvalue weighted by Gasteiger charge is 2.38. The Morgan fingerprint density at radius 2 is 1.11 bits per heavy atom. The van der Waals surface area contributed by atoms with Crippen molar-refractivity contribution in [3.63, 3.8) is 0 Å². The molecule has 4 aromatic carbocycles. The van der Waals surface area contributed by atoms with Crippen LogP contribution in [0.25, 0.3) is 22.5 Å². The minimum absolute atomic E-state index is 0.0922. The third-order valence-electron chi connectivity index (χ3n) is 12.5. The second-order valence-electron chi connectivity index (χ2n) is 16.5. The van der Waals surface area contributed by atoms with E-state index in [4.69, 9.17) is 10.7 Å². The zero-order chi connectivity index (χ0) is 43.3. The molecule has 63 heavy (non-hydrogen) atoms. The highest BCUT2D eigenvalue weighted by atomic mass is 16.3. The van der Waals surface area contributed by atoms with Crippen LogP contribution in [0, 0.1) is 11.8 Å². The number of nitrogens with two attached hydrogens (primary N) is 1. The number of aromatic nitrogens is 4. The van der Waals surface area contributed by atoms with Crippen LogP contribution in [0.5, 0.6) is 0 Å². The van der Waals surface area contributed by atoms with Crippen LogP contribution >= 0.6 is 0 Å². The average Bonchev–Trinajstić information content (AvgIpc) is 4.18. The fraction of sp³-hybridized carbons (Fsp3) is 0.300. The number of amides is 4. The number of urea groups is 1. The number of benzene rings is 4. The van der Waals surface area contributed by atoms with Crippen LogP contribution in [0.3, 0.4) is 0 Å². The molecule has 0 unspecified atom stereocenters. The van der Waals surface area contributed by atoms with Crippen molar-refractivity contribution < 1.29 is 19.5 Å². The lowest BCUT2D eigenvalue weighted by Gasteiger charge is -2.33. The van der Waals surface area contributed by atoms with Gasteiger partial charge in [0.1, 0.15) is 23.7 Å². The second kappa shape index (κ2) is 18.5. The molecule has 3 saturated heterocycles. The number of hydrogen-bond donors (Lipinski definition) is 5. The van der Waals surface area contributed by atoms with Gasteiger partial charge in [-0.2, -0.15) is 0 Å². The van der Waals surface area contributed by atoms with Gasteiger partial charge in [0.2, 0.25) is 11.8 Å². The third kappa shape index (κ3) is 9.14. The monoisotopic (exact) mass is 841 g/mol. The largest absolute Gasteiger partial charge is 0.393 e. The van der Waals surface area contributed by atoms with E-state index < -0.39 is 18.2 Å². The van der Waals surface area contributed by atoms with Gasteiger partial charge in [0.15, 0.2) is 0 Å². The maximum Gasteiger partial charge on any atom is 0.318 e. The topological polar surface area (TPSA) is 177 Å². The number of carbonyl (C=O) groups is 3. The Kier molecular flexibility index (Phi) is 12.2. The molecule has 0 aliphatic carbocycles. The number of aliphatic hydroxyl groups is 1. The highest BCUT2D eigenvalue weighted by molar-refractivity contribution is 5.89. The lowest BCUT2D eigenvalue weighted by molar-refractivity contribution is -0.135. The molecule has 3 aliphatic heterocycles. The Labute approximate surface area is 366 Å². The Morgan fingerprint density at radius 3 is 1.62 bits per heavy atom. The number of likely N-dealkylation sites (tertiary alicyclic amines) is 3. The van der Waals surface area contributed by atoms with Crippen LogP contribution in [-0.2, 0) is 9.59 Å². The SMILES string of the molecule is N[C@@H](C(=O)N1CCC[C@H]1c1ncc(-c2ccc(C#Cc3ccc(-c4cnc([C@@H]5CCCN5C(=O)[C@H](NC(=O)N5CCC(O)CC5)c5ccccc5)[nH]4)cc3)cc2)[nH]1)c1ccccc1. The minimum atomic E-state index is -0.852. The number of aliphatic hydroxyl groups excluding tert-OH is 1. The van der Waals surface area contributed by atoms with Gasteiger partial charge in [0.25, 0.3) is 0 Å². The van der Waals surface area contributed by atoms with Crippen LogP contribution in [0.15, 0.2) is 122 Å². The second-order valence-corrected chi connectivity index (χ2v) is 16.5. The lowest BCUT2D eigenvalue weighted by atomic mass is 10.0. The Bertz CT molecular complexity index is 2590. The predicted molar refractivity (Wildman–Crippen MR) is 239 cm³/mol. The number of carbonyl (C=O) groups excluding carboxylic acids is 3. The van der Waals surface area contributed by atoms with Gasteiger partial charge >= 0.3 is 6.03 Å². The van der Waals surface area contributed by atoms with E-state index in [9.17, 15) is 19.5 Å². The first kappa shape index (κ1) is 41.3. The third-order valence-corrected chi connectivity index (χ3v) is 12.5. The highest BCUT2D eigenvalue weighted by Crippen LogP contribution is 2.35. The molecule has 4 atom stereocenters. The number of imidazole rings is 2. The summed E-state index contributed by atoms with van der Waals surface area (Å²) in [5.74, 6) is 7.74. The van der Waals surface area contributed by atoms with Gasteiger partial charge in [-0.25, -0.2) is 14.8 Å². The molecular weight excluding hydrogens is 791 g/mol. The van der Waals surface area contributed by atoms with Crippen LogP contribution in [-0.4, -0.2) is 89.9 Å². The number of aromatic amines is 2. The minimum Gasteiger partial charge on any atom is -0.393 e. The Balaban J connectivity index is 0.826. The zero-order valence-electron chi connectivity index (χ0n) is 35.0. The fourth-order valence-corrected chi connectivity index (χ4v) is 8.91. The number of H-pyrrole nitrogens is 2. The molecule has 13 heteroatoms. The quantitative estimate of drug-likeness (QED) is 0.0995. The van der Waals surface area contributed by atoms with Crippen LogP contribution in [0.4, 0.5) is 4.79 Å². The summed E-state index contributed by atoms with van der Waals surface area (Å²) in [5.41, 5.74) is 13.3. The normalized spacial score (nSPS) is 18.7. The first-order chi connectivity index (χ1) is 30.8. The molecule has 5 heterocycles. The van der Waals surface area contributed by atoms with Crippen molar-refractivity contribution in [3.8, 4) is 34.4 Å². The first-order valence-electron chi connectivity index (χ1n) is 21.8. The summed E-state index contributed by atoms with van der Waals surface area (Å²) in [7, 11) is 0. The number of hydrogen-bond acceptors (Lipinski definition) is 7. The Morgan fingerprint density at radius 1 is 0.635 bits per heavy atom. The maximum absolute atomic E-state index is 14.3. The van der Waals surface area contributed by atoms with E-state index >= 15 is 0 Å². The van der Waals surface area contributed by atoms with Gasteiger partial charge in [-0.1, -0.05) is 96.8 Å². The van der Waals surface area contributed by atoms with Gasteiger partial charge in [0.05, 0.1) is 42.0 Å². The number of rotatable bonds is 9. The van der Waals surface area contributed by atoms with Gasteiger partial charge in [-0.3, -0.25) is 9.59 Å². The summed E-state index contributed by atoms with van der Waals surface area (Å²) in [4.78, 5) is 62.7. The molecule has 0 saturated carbocycles. The van der Waals surface area contributed by atoms with Gasteiger partial charge in [0, 0.05) is 37.3 Å². The smallest absolute Gasteiger partial charge is 0.318 e. The molecule has 3 aliphatic rings. The molecular formula is C50H51N9O4.